The van der Waals surface area contributed by atoms with Crippen LogP contribution in [0.3, 0.4) is 0 Å². The SMILES string of the molecule is CC[Si](C)(CBr)c1cc(Br)nnc1Cl. The van der Waals surface area contributed by atoms with Crippen LogP contribution >= 0.6 is 43.5 Å². The lowest BCUT2D eigenvalue weighted by Gasteiger charge is -2.24. The quantitative estimate of drug-likeness (QED) is 0.613. The number of rotatable bonds is 3. The van der Waals surface area contributed by atoms with Crippen LogP contribution in [0.5, 0.6) is 0 Å². The third-order valence-corrected chi connectivity index (χ3v) is 10.8. The van der Waals surface area contributed by atoms with E-state index < -0.39 is 8.07 Å². The monoisotopic (exact) mass is 356 g/mol. The van der Waals surface area contributed by atoms with Crippen molar-refractivity contribution in [3.63, 3.8) is 0 Å². The molecule has 0 saturated heterocycles. The van der Waals surface area contributed by atoms with Crippen LogP contribution in [-0.4, -0.2) is 23.2 Å². The van der Waals surface area contributed by atoms with E-state index in [1.54, 1.807) is 0 Å². The Morgan fingerprint density at radius 3 is 2.64 bits per heavy atom. The molecule has 0 amide bonds. The van der Waals surface area contributed by atoms with Crippen molar-refractivity contribution in [3.05, 3.63) is 15.8 Å². The zero-order valence-corrected chi connectivity index (χ0v) is 12.9. The molecular weight excluding hydrogens is 347 g/mol. The van der Waals surface area contributed by atoms with E-state index in [0.717, 1.165) is 15.6 Å². The first-order valence-electron chi connectivity index (χ1n) is 4.28. The predicted molar refractivity (Wildman–Crippen MR) is 70.3 cm³/mol. The van der Waals surface area contributed by atoms with E-state index in [1.807, 2.05) is 6.07 Å². The molecule has 1 atom stereocenters. The standard InChI is InChI=1S/C8H11Br2ClN2Si/c1-3-14(2,5-9)6-4-7(10)12-13-8(6)11/h4H,3,5H2,1-2H3. The van der Waals surface area contributed by atoms with Gasteiger partial charge in [-0.25, -0.2) is 0 Å². The fourth-order valence-corrected chi connectivity index (χ4v) is 6.27. The Labute approximate surface area is 107 Å². The average Bonchev–Trinajstić information content (AvgIpc) is 2.20. The molecule has 0 spiro atoms. The van der Waals surface area contributed by atoms with Gasteiger partial charge in [-0.3, -0.25) is 0 Å². The molecule has 0 N–H and O–H groups in total. The second-order valence-electron chi connectivity index (χ2n) is 3.42. The summed E-state index contributed by atoms with van der Waals surface area (Å²) < 4.78 is 0.755. The van der Waals surface area contributed by atoms with Crippen LogP contribution in [0.2, 0.25) is 17.7 Å². The minimum Gasteiger partial charge on any atom is -0.142 e. The molecule has 78 valence electrons. The third kappa shape index (κ3) is 2.56. The second kappa shape index (κ2) is 5.05. The Bertz CT molecular complexity index is 331. The highest BCUT2D eigenvalue weighted by molar-refractivity contribution is 9.10. The van der Waals surface area contributed by atoms with Gasteiger partial charge >= 0.3 is 0 Å². The molecule has 1 aromatic rings. The molecule has 0 fully saturated rings. The molecule has 0 bridgehead atoms. The molecular formula is C8H11Br2ClN2Si. The van der Waals surface area contributed by atoms with Gasteiger partial charge in [0.25, 0.3) is 0 Å². The molecule has 14 heavy (non-hydrogen) atoms. The maximum atomic E-state index is 6.06. The number of halogens is 3. The van der Waals surface area contributed by atoms with Crippen LogP contribution in [0, 0.1) is 0 Å². The van der Waals surface area contributed by atoms with Crippen LogP contribution in [0.4, 0.5) is 0 Å². The lowest BCUT2D eigenvalue weighted by atomic mass is 10.6. The third-order valence-electron chi connectivity index (χ3n) is 2.44. The Kier molecular flexibility index (Phi) is 4.55. The van der Waals surface area contributed by atoms with Gasteiger partial charge in [-0.1, -0.05) is 47.0 Å². The maximum Gasteiger partial charge on any atom is 0.151 e. The summed E-state index contributed by atoms with van der Waals surface area (Å²) in [6.45, 7) is 4.48. The van der Waals surface area contributed by atoms with Crippen molar-refractivity contribution >= 4 is 56.7 Å². The van der Waals surface area contributed by atoms with E-state index in [1.165, 1.54) is 5.19 Å². The lowest BCUT2D eigenvalue weighted by Crippen LogP contribution is -2.47. The number of alkyl halides is 1. The molecule has 1 heterocycles. The molecule has 0 saturated carbocycles. The summed E-state index contributed by atoms with van der Waals surface area (Å²) >= 11 is 12.9. The minimum atomic E-state index is -1.50. The number of hydrogen-bond donors (Lipinski definition) is 0. The number of nitrogens with zero attached hydrogens (tertiary/aromatic N) is 2. The first-order chi connectivity index (χ1) is 6.53. The molecule has 0 aliphatic carbocycles. The fraction of sp³-hybridized carbons (Fsp3) is 0.500. The smallest absolute Gasteiger partial charge is 0.142 e. The van der Waals surface area contributed by atoms with Gasteiger partial charge in [-0.2, -0.15) is 0 Å². The van der Waals surface area contributed by atoms with E-state index in [9.17, 15) is 0 Å². The van der Waals surface area contributed by atoms with E-state index in [-0.39, 0.29) is 0 Å². The molecule has 1 aromatic heterocycles. The molecule has 0 radical (unpaired) electrons. The largest absolute Gasteiger partial charge is 0.151 e. The highest BCUT2D eigenvalue weighted by atomic mass is 79.9. The average molecular weight is 359 g/mol. The molecule has 1 rings (SSSR count). The summed E-state index contributed by atoms with van der Waals surface area (Å²) in [6.07, 6.45) is 0. The minimum absolute atomic E-state index is 0.545. The highest BCUT2D eigenvalue weighted by Gasteiger charge is 2.29. The van der Waals surface area contributed by atoms with Crippen molar-refractivity contribution in [2.75, 3.05) is 4.95 Å². The van der Waals surface area contributed by atoms with Crippen LogP contribution in [0.15, 0.2) is 10.7 Å². The van der Waals surface area contributed by atoms with Gasteiger partial charge in [0.15, 0.2) is 5.15 Å². The molecule has 2 nitrogen and oxygen atoms in total. The van der Waals surface area contributed by atoms with Gasteiger partial charge in [0.05, 0.1) is 8.07 Å². The zero-order chi connectivity index (χ0) is 10.8. The molecule has 0 aliphatic heterocycles. The van der Waals surface area contributed by atoms with Crippen LogP contribution in [0.25, 0.3) is 0 Å². The summed E-state index contributed by atoms with van der Waals surface area (Å²) in [6, 6.07) is 3.13. The Hall–Kier alpha value is 0.547. The van der Waals surface area contributed by atoms with Gasteiger partial charge in [0.2, 0.25) is 0 Å². The van der Waals surface area contributed by atoms with Crippen molar-refractivity contribution in [2.24, 2.45) is 0 Å². The van der Waals surface area contributed by atoms with Crippen molar-refractivity contribution in [1.82, 2.24) is 10.2 Å². The Morgan fingerprint density at radius 2 is 2.14 bits per heavy atom. The van der Waals surface area contributed by atoms with Gasteiger partial charge in [0, 0.05) is 4.95 Å². The van der Waals surface area contributed by atoms with Gasteiger partial charge in [0.1, 0.15) is 4.60 Å². The van der Waals surface area contributed by atoms with Crippen molar-refractivity contribution in [2.45, 2.75) is 19.5 Å². The van der Waals surface area contributed by atoms with Crippen LogP contribution in [0.1, 0.15) is 6.92 Å². The molecule has 1 unspecified atom stereocenters. The van der Waals surface area contributed by atoms with Gasteiger partial charge in [-0.15, -0.1) is 10.2 Å². The first-order valence-corrected chi connectivity index (χ1v) is 9.49. The second-order valence-corrected chi connectivity index (χ2v) is 10.9. The Balaban J connectivity index is 3.22. The summed E-state index contributed by atoms with van der Waals surface area (Å²) in [7, 11) is -1.50. The van der Waals surface area contributed by atoms with Crippen molar-refractivity contribution in [1.29, 1.82) is 0 Å². The zero-order valence-electron chi connectivity index (χ0n) is 8.02. The van der Waals surface area contributed by atoms with Crippen molar-refractivity contribution in [3.8, 4) is 0 Å². The highest BCUT2D eigenvalue weighted by Crippen LogP contribution is 2.18. The summed E-state index contributed by atoms with van der Waals surface area (Å²) in [5, 5.41) is 9.50. The van der Waals surface area contributed by atoms with E-state index in [4.69, 9.17) is 11.6 Å². The van der Waals surface area contributed by atoms with Crippen molar-refractivity contribution < 1.29 is 0 Å². The van der Waals surface area contributed by atoms with Gasteiger partial charge < -0.3 is 0 Å². The molecule has 0 aromatic carbocycles. The fourth-order valence-electron chi connectivity index (χ4n) is 1.13. The van der Waals surface area contributed by atoms with E-state index in [0.29, 0.717) is 5.15 Å². The first kappa shape index (κ1) is 12.6. The van der Waals surface area contributed by atoms with Gasteiger partial charge in [-0.05, 0) is 27.2 Å². The van der Waals surface area contributed by atoms with Crippen LogP contribution in [-0.2, 0) is 0 Å². The van der Waals surface area contributed by atoms with E-state index >= 15 is 0 Å². The lowest BCUT2D eigenvalue weighted by molar-refractivity contribution is 1.01. The number of aromatic nitrogens is 2. The summed E-state index contributed by atoms with van der Waals surface area (Å²) in [5.74, 6) is 0. The normalized spacial score (nSPS) is 15.2. The molecule has 0 aliphatic rings. The predicted octanol–water partition coefficient (Wildman–Crippen LogP) is 3.13. The number of hydrogen-bond acceptors (Lipinski definition) is 2. The van der Waals surface area contributed by atoms with E-state index in [2.05, 4.69) is 55.5 Å². The summed E-state index contributed by atoms with van der Waals surface area (Å²) in [5.41, 5.74) is 0. The summed E-state index contributed by atoms with van der Waals surface area (Å²) in [4.78, 5) is 0.994. The maximum absolute atomic E-state index is 6.06. The Morgan fingerprint density at radius 1 is 1.50 bits per heavy atom. The topological polar surface area (TPSA) is 25.8 Å². The molecule has 6 heteroatoms. The van der Waals surface area contributed by atoms with Crippen LogP contribution < -0.4 is 5.19 Å².